The third-order valence-corrected chi connectivity index (χ3v) is 3.31. The molecule has 0 radical (unpaired) electrons. The second-order valence-corrected chi connectivity index (χ2v) is 5.83. The van der Waals surface area contributed by atoms with E-state index in [0.29, 0.717) is 11.5 Å². The van der Waals surface area contributed by atoms with Crippen molar-refractivity contribution in [3.63, 3.8) is 0 Å². The van der Waals surface area contributed by atoms with E-state index in [0.717, 1.165) is 23.3 Å². The van der Waals surface area contributed by atoms with Crippen LogP contribution in [0.15, 0.2) is 59.7 Å². The molecular weight excluding hydrogens is 272 g/mol. The quantitative estimate of drug-likeness (QED) is 0.652. The maximum Gasteiger partial charge on any atom is 0.271 e. The summed E-state index contributed by atoms with van der Waals surface area (Å²) in [6.45, 7) is 6.27. The Morgan fingerprint density at radius 3 is 2.23 bits per heavy atom. The molecule has 0 unspecified atom stereocenters. The van der Waals surface area contributed by atoms with E-state index < -0.39 is 0 Å². The van der Waals surface area contributed by atoms with Crippen LogP contribution in [0.1, 0.15) is 41.8 Å². The van der Waals surface area contributed by atoms with E-state index in [9.17, 15) is 4.79 Å². The Labute approximate surface area is 132 Å². The van der Waals surface area contributed by atoms with Gasteiger partial charge in [0.25, 0.3) is 5.91 Å². The van der Waals surface area contributed by atoms with Crippen LogP contribution in [-0.2, 0) is 0 Å². The van der Waals surface area contributed by atoms with E-state index in [2.05, 4.69) is 24.4 Å². The van der Waals surface area contributed by atoms with Crippen molar-refractivity contribution in [2.75, 3.05) is 0 Å². The van der Waals surface area contributed by atoms with Crippen LogP contribution >= 0.6 is 0 Å². The lowest BCUT2D eigenvalue weighted by Crippen LogP contribution is -2.20. The number of nitrogens with zero attached hydrogens (tertiary/aromatic N) is 1. The molecule has 0 aliphatic heterocycles. The molecule has 0 bridgehead atoms. The molecule has 2 aromatic carbocycles. The first kappa shape index (κ1) is 16.0. The Bertz CT molecular complexity index is 643. The molecule has 0 aliphatic rings. The van der Waals surface area contributed by atoms with E-state index in [1.807, 2.05) is 61.5 Å². The minimum Gasteiger partial charge on any atom is -0.267 e. The van der Waals surface area contributed by atoms with Gasteiger partial charge in [-0.2, -0.15) is 5.10 Å². The minimum atomic E-state index is -0.183. The van der Waals surface area contributed by atoms with Gasteiger partial charge in [-0.3, -0.25) is 4.79 Å². The molecule has 3 heteroatoms. The lowest BCUT2D eigenvalue weighted by molar-refractivity contribution is 0.0954. The summed E-state index contributed by atoms with van der Waals surface area (Å²) >= 11 is 0. The molecule has 22 heavy (non-hydrogen) atoms. The highest BCUT2D eigenvalue weighted by molar-refractivity contribution is 6.02. The summed E-state index contributed by atoms with van der Waals surface area (Å²) in [6, 6.07) is 17.4. The van der Waals surface area contributed by atoms with Crippen LogP contribution in [0.5, 0.6) is 0 Å². The van der Waals surface area contributed by atoms with Crippen LogP contribution < -0.4 is 5.43 Å². The fraction of sp³-hybridized carbons (Fsp3) is 0.263. The zero-order valence-corrected chi connectivity index (χ0v) is 13.3. The minimum absolute atomic E-state index is 0.183. The van der Waals surface area contributed by atoms with Crippen LogP contribution in [0.4, 0.5) is 0 Å². The molecule has 0 spiro atoms. The third-order valence-electron chi connectivity index (χ3n) is 3.31. The number of hydrazone groups is 1. The van der Waals surface area contributed by atoms with Gasteiger partial charge in [0.05, 0.1) is 5.71 Å². The van der Waals surface area contributed by atoms with Gasteiger partial charge in [0, 0.05) is 5.56 Å². The van der Waals surface area contributed by atoms with Gasteiger partial charge in [-0.25, -0.2) is 5.43 Å². The molecule has 0 saturated heterocycles. The zero-order chi connectivity index (χ0) is 15.9. The topological polar surface area (TPSA) is 41.5 Å². The average molecular weight is 294 g/mol. The van der Waals surface area contributed by atoms with Crippen molar-refractivity contribution < 1.29 is 4.79 Å². The van der Waals surface area contributed by atoms with Crippen LogP contribution in [0.3, 0.4) is 0 Å². The summed E-state index contributed by atoms with van der Waals surface area (Å²) in [5.41, 5.74) is 6.36. The summed E-state index contributed by atoms with van der Waals surface area (Å²) in [4.78, 5) is 12.2. The van der Waals surface area contributed by atoms with Crippen molar-refractivity contribution in [3.05, 3.63) is 71.3 Å². The summed E-state index contributed by atoms with van der Waals surface area (Å²) in [6.07, 6.45) is 0.818. The van der Waals surface area contributed by atoms with Crippen LogP contribution in [0.2, 0.25) is 0 Å². The molecule has 0 aliphatic carbocycles. The first-order valence-corrected chi connectivity index (χ1v) is 7.55. The van der Waals surface area contributed by atoms with Gasteiger partial charge in [0.1, 0.15) is 0 Å². The van der Waals surface area contributed by atoms with Gasteiger partial charge in [0.2, 0.25) is 0 Å². The molecule has 3 nitrogen and oxygen atoms in total. The highest BCUT2D eigenvalue weighted by Gasteiger charge is 2.08. The number of amides is 1. The summed E-state index contributed by atoms with van der Waals surface area (Å²) < 4.78 is 0. The Balaban J connectivity index is 2.15. The summed E-state index contributed by atoms with van der Waals surface area (Å²) in [7, 11) is 0. The smallest absolute Gasteiger partial charge is 0.267 e. The van der Waals surface area contributed by atoms with Crippen LogP contribution in [-0.4, -0.2) is 11.6 Å². The highest BCUT2D eigenvalue weighted by Crippen LogP contribution is 2.10. The predicted molar refractivity (Wildman–Crippen MR) is 91.1 cm³/mol. The number of nitrogens with one attached hydrogen (secondary N) is 1. The van der Waals surface area contributed by atoms with Gasteiger partial charge in [0.15, 0.2) is 0 Å². The Hall–Kier alpha value is -2.42. The monoisotopic (exact) mass is 294 g/mol. The third kappa shape index (κ3) is 4.55. The fourth-order valence-electron chi connectivity index (χ4n) is 2.13. The summed E-state index contributed by atoms with van der Waals surface area (Å²) in [5.74, 6) is 0.285. The van der Waals surface area contributed by atoms with Crippen molar-refractivity contribution in [1.82, 2.24) is 5.43 Å². The SMILES string of the molecule is Cc1ccc(C(=O)N/N=C(/CC(C)C)c2ccccc2)cc1. The molecule has 114 valence electrons. The Morgan fingerprint density at radius 1 is 1.00 bits per heavy atom. The lowest BCUT2D eigenvalue weighted by atomic mass is 10.0. The van der Waals surface area contributed by atoms with Gasteiger partial charge in [-0.15, -0.1) is 0 Å². The Kier molecular flexibility index (Phi) is 5.48. The fourth-order valence-corrected chi connectivity index (χ4v) is 2.13. The molecule has 0 aromatic heterocycles. The first-order chi connectivity index (χ1) is 10.6. The maximum atomic E-state index is 12.2. The number of hydrogen-bond donors (Lipinski definition) is 1. The normalized spacial score (nSPS) is 11.5. The van der Waals surface area contributed by atoms with Gasteiger partial charge < -0.3 is 0 Å². The van der Waals surface area contributed by atoms with E-state index >= 15 is 0 Å². The van der Waals surface area contributed by atoms with E-state index in [1.54, 1.807) is 0 Å². The second kappa shape index (κ2) is 7.55. The van der Waals surface area contributed by atoms with E-state index in [4.69, 9.17) is 0 Å². The number of benzene rings is 2. The van der Waals surface area contributed by atoms with E-state index in [1.165, 1.54) is 0 Å². The van der Waals surface area contributed by atoms with E-state index in [-0.39, 0.29) is 5.91 Å². The van der Waals surface area contributed by atoms with Gasteiger partial charge in [-0.05, 0) is 37.0 Å². The molecule has 2 rings (SSSR count). The van der Waals surface area contributed by atoms with Crippen molar-refractivity contribution >= 4 is 11.6 Å². The number of aryl methyl sites for hydroxylation is 1. The number of carbonyl (C=O) groups is 1. The van der Waals surface area contributed by atoms with Crippen molar-refractivity contribution in [3.8, 4) is 0 Å². The predicted octanol–water partition coefficient (Wildman–Crippen LogP) is 4.18. The van der Waals surface area contributed by atoms with Gasteiger partial charge in [-0.1, -0.05) is 61.9 Å². The summed E-state index contributed by atoms with van der Waals surface area (Å²) in [5, 5.41) is 4.35. The number of hydrogen-bond acceptors (Lipinski definition) is 2. The average Bonchev–Trinajstić information content (AvgIpc) is 2.52. The lowest BCUT2D eigenvalue weighted by Gasteiger charge is -2.10. The largest absolute Gasteiger partial charge is 0.271 e. The highest BCUT2D eigenvalue weighted by atomic mass is 16.2. The second-order valence-electron chi connectivity index (χ2n) is 5.83. The first-order valence-electron chi connectivity index (χ1n) is 7.55. The van der Waals surface area contributed by atoms with Gasteiger partial charge >= 0.3 is 0 Å². The number of carbonyl (C=O) groups excluding carboxylic acids is 1. The molecule has 1 amide bonds. The molecule has 2 aromatic rings. The molecule has 0 saturated carbocycles. The molecule has 0 fully saturated rings. The van der Waals surface area contributed by atoms with Crippen molar-refractivity contribution in [2.24, 2.45) is 11.0 Å². The van der Waals surface area contributed by atoms with Crippen molar-refractivity contribution in [2.45, 2.75) is 27.2 Å². The van der Waals surface area contributed by atoms with Crippen LogP contribution in [0, 0.1) is 12.8 Å². The number of rotatable bonds is 5. The Morgan fingerprint density at radius 2 is 1.64 bits per heavy atom. The molecule has 0 atom stereocenters. The molecule has 1 N–H and O–H groups in total. The van der Waals surface area contributed by atoms with Crippen LogP contribution in [0.25, 0.3) is 0 Å². The molecule has 0 heterocycles. The molecular formula is C19H22N2O. The maximum absolute atomic E-state index is 12.2. The zero-order valence-electron chi connectivity index (χ0n) is 13.3. The van der Waals surface area contributed by atoms with Crippen molar-refractivity contribution in [1.29, 1.82) is 0 Å². The standard InChI is InChI=1S/C19H22N2O/c1-14(2)13-18(16-7-5-4-6-8-16)20-21-19(22)17-11-9-15(3)10-12-17/h4-12,14H,13H2,1-3H3,(H,21,22)/b20-18-.